The van der Waals surface area contributed by atoms with Crippen molar-refractivity contribution in [2.24, 2.45) is 5.92 Å². The first-order valence-corrected chi connectivity index (χ1v) is 6.51. The number of hydrogen-bond donors (Lipinski definition) is 1. The van der Waals surface area contributed by atoms with Crippen LogP contribution in [0, 0.1) is 5.92 Å². The van der Waals surface area contributed by atoms with E-state index in [-0.39, 0.29) is 11.5 Å². The highest BCUT2D eigenvalue weighted by molar-refractivity contribution is 6.08. The number of para-hydroxylation sites is 1. The Labute approximate surface area is 114 Å². The van der Waals surface area contributed by atoms with Crippen molar-refractivity contribution in [1.82, 2.24) is 0 Å². The van der Waals surface area contributed by atoms with E-state index in [2.05, 4.69) is 5.32 Å². The van der Waals surface area contributed by atoms with Crippen LogP contribution < -0.4 is 10.9 Å². The fraction of sp³-hybridized carbons (Fsp3) is 0.267. The summed E-state index contributed by atoms with van der Waals surface area (Å²) in [6, 6.07) is 8.62. The van der Waals surface area contributed by atoms with Crippen LogP contribution in [0.3, 0.4) is 0 Å². The number of rotatable bonds is 2. The van der Waals surface area contributed by atoms with E-state index in [0.717, 1.165) is 11.8 Å². The molecule has 5 heteroatoms. The first-order valence-electron chi connectivity index (χ1n) is 6.51. The van der Waals surface area contributed by atoms with Gasteiger partial charge in [-0.1, -0.05) is 18.2 Å². The highest BCUT2D eigenvalue weighted by atomic mass is 16.4. The second-order valence-corrected chi connectivity index (χ2v) is 4.89. The topological polar surface area (TPSA) is 76.4 Å². The van der Waals surface area contributed by atoms with Crippen LogP contribution in [-0.2, 0) is 9.59 Å². The third-order valence-corrected chi connectivity index (χ3v) is 3.52. The highest BCUT2D eigenvalue weighted by Gasteiger charge is 2.31. The summed E-state index contributed by atoms with van der Waals surface area (Å²) in [5, 5.41) is 3.23. The predicted octanol–water partition coefficient (Wildman–Crippen LogP) is 2.10. The average molecular weight is 271 g/mol. The second kappa shape index (κ2) is 4.92. The van der Waals surface area contributed by atoms with Crippen LogP contribution in [0.25, 0.3) is 11.0 Å². The van der Waals surface area contributed by atoms with Gasteiger partial charge < -0.3 is 9.73 Å². The molecule has 1 heterocycles. The Kier molecular flexibility index (Phi) is 3.10. The van der Waals surface area contributed by atoms with Crippen molar-refractivity contribution in [3.05, 3.63) is 40.8 Å². The molecule has 5 nitrogen and oxygen atoms in total. The van der Waals surface area contributed by atoms with Gasteiger partial charge in [0.15, 0.2) is 0 Å². The number of carbonyl (C=O) groups is 2. The zero-order valence-electron chi connectivity index (χ0n) is 10.7. The van der Waals surface area contributed by atoms with E-state index < -0.39 is 17.5 Å². The van der Waals surface area contributed by atoms with Crippen LogP contribution in [0.15, 0.2) is 39.5 Å². The van der Waals surface area contributed by atoms with E-state index in [1.54, 1.807) is 24.3 Å². The SMILES string of the molecule is O=C1CCCC1C(=O)Nc1cc2ccccc2oc1=O. The fourth-order valence-electron chi connectivity index (χ4n) is 2.46. The summed E-state index contributed by atoms with van der Waals surface area (Å²) in [5.41, 5.74) is -0.0664. The van der Waals surface area contributed by atoms with E-state index in [9.17, 15) is 14.4 Å². The summed E-state index contributed by atoms with van der Waals surface area (Å²) in [7, 11) is 0. The number of hydrogen-bond acceptors (Lipinski definition) is 4. The molecule has 1 fully saturated rings. The highest BCUT2D eigenvalue weighted by Crippen LogP contribution is 2.23. The van der Waals surface area contributed by atoms with E-state index in [1.165, 1.54) is 0 Å². The Hall–Kier alpha value is -2.43. The molecule has 1 N–H and O–H groups in total. The lowest BCUT2D eigenvalue weighted by molar-refractivity contribution is -0.129. The summed E-state index contributed by atoms with van der Waals surface area (Å²) < 4.78 is 5.13. The van der Waals surface area contributed by atoms with Gasteiger partial charge in [0.05, 0.1) is 5.92 Å². The molecule has 0 radical (unpaired) electrons. The minimum atomic E-state index is -0.638. The third kappa shape index (κ3) is 2.22. The summed E-state index contributed by atoms with van der Waals surface area (Å²) in [5.74, 6) is -1.12. The quantitative estimate of drug-likeness (QED) is 0.670. The minimum Gasteiger partial charge on any atom is -0.421 e. The maximum atomic E-state index is 12.0. The van der Waals surface area contributed by atoms with Gasteiger partial charge in [-0.3, -0.25) is 9.59 Å². The molecule has 1 aliphatic carbocycles. The Balaban J connectivity index is 1.90. The number of benzene rings is 1. The number of amides is 1. The number of anilines is 1. The molecule has 1 aliphatic rings. The Bertz CT molecular complexity index is 747. The fourth-order valence-corrected chi connectivity index (χ4v) is 2.46. The molecule has 1 atom stereocenters. The smallest absolute Gasteiger partial charge is 0.360 e. The molecule has 1 unspecified atom stereocenters. The van der Waals surface area contributed by atoms with Crippen LogP contribution in [0.2, 0.25) is 0 Å². The molecular formula is C15H13NO4. The number of fused-ring (bicyclic) bond motifs is 1. The standard InChI is InChI=1S/C15H13NO4/c17-12-6-3-5-10(12)14(18)16-11-8-9-4-1-2-7-13(9)20-15(11)19/h1-2,4,7-8,10H,3,5-6H2,(H,16,18). The Morgan fingerprint density at radius 2 is 2.05 bits per heavy atom. The monoisotopic (exact) mass is 271 g/mol. The van der Waals surface area contributed by atoms with Gasteiger partial charge in [0.25, 0.3) is 0 Å². The van der Waals surface area contributed by atoms with Gasteiger partial charge in [-0.15, -0.1) is 0 Å². The Morgan fingerprint density at radius 1 is 1.25 bits per heavy atom. The van der Waals surface area contributed by atoms with Crippen LogP contribution in [0.1, 0.15) is 19.3 Å². The molecule has 3 rings (SSSR count). The van der Waals surface area contributed by atoms with Crippen LogP contribution in [0.5, 0.6) is 0 Å². The molecule has 0 aliphatic heterocycles. The Morgan fingerprint density at radius 3 is 2.80 bits per heavy atom. The van der Waals surface area contributed by atoms with Crippen molar-refractivity contribution in [2.45, 2.75) is 19.3 Å². The molecule has 1 aromatic heterocycles. The maximum absolute atomic E-state index is 12.0. The van der Waals surface area contributed by atoms with Gasteiger partial charge in [0, 0.05) is 11.8 Å². The normalized spacial score (nSPS) is 18.4. The minimum absolute atomic E-state index is 0.0623. The van der Waals surface area contributed by atoms with Gasteiger partial charge in [-0.25, -0.2) is 4.79 Å². The van der Waals surface area contributed by atoms with E-state index in [0.29, 0.717) is 18.4 Å². The summed E-state index contributed by atoms with van der Waals surface area (Å²) in [6.07, 6.45) is 1.71. The largest absolute Gasteiger partial charge is 0.421 e. The van der Waals surface area contributed by atoms with Crippen LogP contribution in [0.4, 0.5) is 5.69 Å². The van der Waals surface area contributed by atoms with Gasteiger partial charge in [-0.05, 0) is 25.0 Å². The van der Waals surface area contributed by atoms with Crippen LogP contribution in [-0.4, -0.2) is 11.7 Å². The third-order valence-electron chi connectivity index (χ3n) is 3.52. The lowest BCUT2D eigenvalue weighted by Crippen LogP contribution is -2.27. The van der Waals surface area contributed by atoms with Gasteiger partial charge in [-0.2, -0.15) is 0 Å². The number of Topliss-reactive ketones (excluding diaryl/α,β-unsaturated/α-hetero) is 1. The summed E-state index contributed by atoms with van der Waals surface area (Å²) in [6.45, 7) is 0. The lowest BCUT2D eigenvalue weighted by Gasteiger charge is -2.08. The molecule has 20 heavy (non-hydrogen) atoms. The molecule has 0 spiro atoms. The maximum Gasteiger partial charge on any atom is 0.360 e. The average Bonchev–Trinajstić information content (AvgIpc) is 2.86. The van der Waals surface area contributed by atoms with Crippen molar-refractivity contribution in [1.29, 1.82) is 0 Å². The van der Waals surface area contributed by atoms with Crippen molar-refractivity contribution in [3.8, 4) is 0 Å². The van der Waals surface area contributed by atoms with Crippen molar-refractivity contribution < 1.29 is 14.0 Å². The van der Waals surface area contributed by atoms with Crippen LogP contribution >= 0.6 is 0 Å². The van der Waals surface area contributed by atoms with Crippen molar-refractivity contribution >= 4 is 28.3 Å². The van der Waals surface area contributed by atoms with E-state index >= 15 is 0 Å². The molecule has 2 aromatic rings. The molecule has 1 aromatic carbocycles. The predicted molar refractivity (Wildman–Crippen MR) is 73.5 cm³/mol. The number of ketones is 1. The molecule has 0 bridgehead atoms. The lowest BCUT2D eigenvalue weighted by atomic mass is 10.1. The molecule has 102 valence electrons. The van der Waals surface area contributed by atoms with E-state index in [1.807, 2.05) is 6.07 Å². The zero-order chi connectivity index (χ0) is 14.1. The molecular weight excluding hydrogens is 258 g/mol. The van der Waals surface area contributed by atoms with Gasteiger partial charge in [0.2, 0.25) is 5.91 Å². The summed E-state index contributed by atoms with van der Waals surface area (Å²) >= 11 is 0. The molecule has 0 saturated heterocycles. The summed E-state index contributed by atoms with van der Waals surface area (Å²) in [4.78, 5) is 35.3. The van der Waals surface area contributed by atoms with Gasteiger partial charge in [0.1, 0.15) is 17.1 Å². The van der Waals surface area contributed by atoms with E-state index in [4.69, 9.17) is 4.42 Å². The van der Waals surface area contributed by atoms with Crippen molar-refractivity contribution in [2.75, 3.05) is 5.32 Å². The second-order valence-electron chi connectivity index (χ2n) is 4.89. The number of nitrogens with one attached hydrogen (secondary N) is 1. The first kappa shape index (κ1) is 12.6. The van der Waals surface area contributed by atoms with Gasteiger partial charge >= 0.3 is 5.63 Å². The first-order chi connectivity index (χ1) is 9.65. The molecule has 1 amide bonds. The van der Waals surface area contributed by atoms with Crippen molar-refractivity contribution in [3.63, 3.8) is 0 Å². The number of carbonyl (C=O) groups excluding carboxylic acids is 2. The zero-order valence-corrected chi connectivity index (χ0v) is 10.7. The molecule has 1 saturated carbocycles.